The average Bonchev–Trinajstić information content (AvgIpc) is 3.19. The van der Waals surface area contributed by atoms with Crippen LogP contribution in [0.15, 0.2) is 48.5 Å². The molecule has 2 aromatic carbocycles. The van der Waals surface area contributed by atoms with Crippen molar-refractivity contribution in [1.29, 1.82) is 0 Å². The molecule has 150 valence electrons. The number of benzene rings is 2. The lowest BCUT2D eigenvalue weighted by molar-refractivity contribution is 0.0600. The predicted molar refractivity (Wildman–Crippen MR) is 108 cm³/mol. The van der Waals surface area contributed by atoms with Crippen LogP contribution in [0, 0.1) is 0 Å². The van der Waals surface area contributed by atoms with E-state index in [1.165, 1.54) is 25.5 Å². The van der Waals surface area contributed by atoms with E-state index < -0.39 is 16.0 Å². The molecule has 6 nitrogen and oxygen atoms in total. The first kappa shape index (κ1) is 20.5. The number of carbonyl (C=O) groups is 1. The van der Waals surface area contributed by atoms with Crippen LogP contribution in [-0.4, -0.2) is 39.5 Å². The molecule has 1 saturated heterocycles. The van der Waals surface area contributed by atoms with E-state index in [0.29, 0.717) is 11.1 Å². The lowest BCUT2D eigenvalue weighted by Gasteiger charge is -2.15. The number of esters is 1. The number of hydrogen-bond acceptors (Lipinski definition) is 5. The summed E-state index contributed by atoms with van der Waals surface area (Å²) in [5.41, 5.74) is 3.16. The number of rotatable bonds is 8. The van der Waals surface area contributed by atoms with E-state index in [9.17, 15) is 13.2 Å². The normalized spacial score (nSPS) is 14.9. The first-order valence-electron chi connectivity index (χ1n) is 9.40. The molecule has 7 heteroatoms. The number of carbonyl (C=O) groups excluding carboxylic acids is 1. The van der Waals surface area contributed by atoms with E-state index >= 15 is 0 Å². The topological polar surface area (TPSA) is 75.7 Å². The molecular weight excluding hydrogens is 376 g/mol. The summed E-state index contributed by atoms with van der Waals surface area (Å²) >= 11 is 0. The third-order valence-corrected chi connectivity index (χ3v) is 6.12. The van der Waals surface area contributed by atoms with Gasteiger partial charge < -0.3 is 4.74 Å². The first-order valence-corrected chi connectivity index (χ1v) is 11.1. The van der Waals surface area contributed by atoms with Crippen LogP contribution in [0.2, 0.25) is 0 Å². The summed E-state index contributed by atoms with van der Waals surface area (Å²) in [6.45, 7) is 3.43. The Morgan fingerprint density at radius 3 is 2.39 bits per heavy atom. The van der Waals surface area contributed by atoms with Gasteiger partial charge in [-0.05, 0) is 54.8 Å². The van der Waals surface area contributed by atoms with E-state index in [0.717, 1.165) is 25.2 Å². The Labute approximate surface area is 166 Å². The van der Waals surface area contributed by atoms with E-state index in [4.69, 9.17) is 0 Å². The zero-order valence-corrected chi connectivity index (χ0v) is 16.9. The number of nitrogens with zero attached hydrogens (tertiary/aromatic N) is 1. The summed E-state index contributed by atoms with van der Waals surface area (Å²) in [4.78, 5) is 13.9. The van der Waals surface area contributed by atoms with Crippen LogP contribution in [0.25, 0.3) is 0 Å². The largest absolute Gasteiger partial charge is 0.465 e. The number of likely N-dealkylation sites (tertiary alicyclic amines) is 1. The van der Waals surface area contributed by atoms with Crippen molar-refractivity contribution in [3.05, 3.63) is 70.8 Å². The predicted octanol–water partition coefficient (Wildman–Crippen LogP) is 2.69. The average molecular weight is 403 g/mol. The van der Waals surface area contributed by atoms with Crippen molar-refractivity contribution in [1.82, 2.24) is 9.62 Å². The second-order valence-corrected chi connectivity index (χ2v) is 8.88. The molecule has 0 aromatic heterocycles. The number of ether oxygens (including phenoxy) is 1. The Morgan fingerprint density at radius 1 is 1.04 bits per heavy atom. The molecule has 1 heterocycles. The summed E-state index contributed by atoms with van der Waals surface area (Å²) < 4.78 is 32.1. The minimum Gasteiger partial charge on any atom is -0.465 e. The smallest absolute Gasteiger partial charge is 0.337 e. The summed E-state index contributed by atoms with van der Waals surface area (Å²) in [6.07, 6.45) is 2.50. The highest BCUT2D eigenvalue weighted by molar-refractivity contribution is 7.88. The van der Waals surface area contributed by atoms with Crippen LogP contribution in [0.4, 0.5) is 0 Å². The van der Waals surface area contributed by atoms with Gasteiger partial charge in [0.15, 0.2) is 0 Å². The minimum absolute atomic E-state index is 0.137. The molecule has 0 atom stereocenters. The molecular formula is C21H26N2O4S. The molecule has 1 fully saturated rings. The van der Waals surface area contributed by atoms with Gasteiger partial charge in [0.1, 0.15) is 0 Å². The van der Waals surface area contributed by atoms with Gasteiger partial charge in [-0.15, -0.1) is 0 Å². The number of methoxy groups -OCH3 is 1. The number of hydrogen-bond donors (Lipinski definition) is 1. The molecule has 1 N–H and O–H groups in total. The van der Waals surface area contributed by atoms with Crippen molar-refractivity contribution in [2.24, 2.45) is 0 Å². The molecule has 0 unspecified atom stereocenters. The van der Waals surface area contributed by atoms with Gasteiger partial charge in [0, 0.05) is 13.1 Å². The van der Waals surface area contributed by atoms with E-state index in [1.807, 2.05) is 12.1 Å². The molecule has 0 aliphatic carbocycles. The fourth-order valence-electron chi connectivity index (χ4n) is 3.36. The first-order chi connectivity index (χ1) is 13.4. The van der Waals surface area contributed by atoms with E-state index in [-0.39, 0.29) is 12.3 Å². The van der Waals surface area contributed by atoms with Gasteiger partial charge in [0.2, 0.25) is 10.0 Å². The molecule has 0 radical (unpaired) electrons. The number of nitrogens with one attached hydrogen (secondary N) is 1. The Hall–Kier alpha value is -2.22. The molecule has 2 aromatic rings. The van der Waals surface area contributed by atoms with Gasteiger partial charge in [-0.1, -0.05) is 36.4 Å². The van der Waals surface area contributed by atoms with Crippen molar-refractivity contribution in [3.8, 4) is 0 Å². The van der Waals surface area contributed by atoms with Crippen LogP contribution in [0.1, 0.15) is 39.9 Å². The minimum atomic E-state index is -3.48. The molecule has 0 amide bonds. The summed E-state index contributed by atoms with van der Waals surface area (Å²) in [5.74, 6) is -0.580. The quantitative estimate of drug-likeness (QED) is 0.687. The van der Waals surface area contributed by atoms with Gasteiger partial charge in [0.05, 0.1) is 18.4 Å². The van der Waals surface area contributed by atoms with E-state index in [1.54, 1.807) is 24.3 Å². The molecule has 0 spiro atoms. The summed E-state index contributed by atoms with van der Waals surface area (Å²) in [7, 11) is -2.17. The zero-order valence-electron chi connectivity index (χ0n) is 16.1. The second-order valence-electron chi connectivity index (χ2n) is 7.07. The third-order valence-electron chi connectivity index (χ3n) is 4.82. The van der Waals surface area contributed by atoms with Gasteiger partial charge >= 0.3 is 5.97 Å². The SMILES string of the molecule is COC(=O)c1ccc(CS(=O)(=O)NCc2cccc(CN3CCCC3)c2)cc1. The standard InChI is InChI=1S/C21H26N2O4S/c1-27-21(24)20-9-7-17(8-10-20)16-28(25,26)22-14-18-5-4-6-19(13-18)15-23-11-2-3-12-23/h4-10,13,22H,2-3,11-12,14-16H2,1H3. The van der Waals surface area contributed by atoms with Crippen molar-refractivity contribution in [2.75, 3.05) is 20.2 Å². The zero-order chi connectivity index (χ0) is 20.0. The van der Waals surface area contributed by atoms with Gasteiger partial charge in [-0.2, -0.15) is 0 Å². The summed E-state index contributed by atoms with van der Waals surface area (Å²) in [5, 5.41) is 0. The van der Waals surface area contributed by atoms with Crippen molar-refractivity contribution < 1.29 is 17.9 Å². The fraction of sp³-hybridized carbons (Fsp3) is 0.381. The number of sulfonamides is 1. The van der Waals surface area contributed by atoms with Crippen LogP contribution in [-0.2, 0) is 33.6 Å². The monoisotopic (exact) mass is 402 g/mol. The van der Waals surface area contributed by atoms with Crippen molar-refractivity contribution >= 4 is 16.0 Å². The summed E-state index contributed by atoms with van der Waals surface area (Å²) in [6, 6.07) is 14.4. The lowest BCUT2D eigenvalue weighted by Crippen LogP contribution is -2.25. The molecule has 3 rings (SSSR count). The maximum absolute atomic E-state index is 12.4. The highest BCUT2D eigenvalue weighted by Crippen LogP contribution is 2.14. The highest BCUT2D eigenvalue weighted by atomic mass is 32.2. The van der Waals surface area contributed by atoms with Gasteiger partial charge in [-0.25, -0.2) is 17.9 Å². The Bertz CT molecular complexity index is 904. The molecule has 0 saturated carbocycles. The molecule has 0 bridgehead atoms. The molecule has 1 aliphatic rings. The third kappa shape index (κ3) is 5.89. The lowest BCUT2D eigenvalue weighted by atomic mass is 10.1. The maximum Gasteiger partial charge on any atom is 0.337 e. The maximum atomic E-state index is 12.4. The van der Waals surface area contributed by atoms with Crippen LogP contribution in [0.5, 0.6) is 0 Å². The van der Waals surface area contributed by atoms with E-state index in [2.05, 4.69) is 26.5 Å². The van der Waals surface area contributed by atoms with Crippen LogP contribution in [0.3, 0.4) is 0 Å². The molecule has 1 aliphatic heterocycles. The van der Waals surface area contributed by atoms with Crippen molar-refractivity contribution in [3.63, 3.8) is 0 Å². The van der Waals surface area contributed by atoms with Gasteiger partial charge in [0.25, 0.3) is 0 Å². The Morgan fingerprint density at radius 2 is 1.71 bits per heavy atom. The molecule has 28 heavy (non-hydrogen) atoms. The highest BCUT2D eigenvalue weighted by Gasteiger charge is 2.14. The van der Waals surface area contributed by atoms with Gasteiger partial charge in [-0.3, -0.25) is 4.90 Å². The van der Waals surface area contributed by atoms with Crippen LogP contribution >= 0.6 is 0 Å². The Kier molecular flexibility index (Phi) is 6.83. The van der Waals surface area contributed by atoms with Crippen molar-refractivity contribution in [2.45, 2.75) is 31.7 Å². The second kappa shape index (κ2) is 9.32. The Balaban J connectivity index is 1.56. The van der Waals surface area contributed by atoms with Crippen LogP contribution < -0.4 is 4.72 Å². The fourth-order valence-corrected chi connectivity index (χ4v) is 4.48.